The summed E-state index contributed by atoms with van der Waals surface area (Å²) in [6.45, 7) is 2.89. The SMILES string of the molecule is CC(=O)NCc1ccc(C(=O)NCc2c3oc4cc(O)ccc4c(-c4cc(C(C)=O)ccc4C(=O)O)c-3ccc2=O)cc1. The summed E-state index contributed by atoms with van der Waals surface area (Å²) in [6, 6.07) is 18.0. The van der Waals surface area contributed by atoms with Crippen molar-refractivity contribution in [2.45, 2.75) is 26.9 Å². The maximum atomic E-state index is 13.1. The lowest BCUT2D eigenvalue weighted by Crippen LogP contribution is -2.26. The number of rotatable bonds is 8. The molecule has 2 aliphatic rings. The van der Waals surface area contributed by atoms with E-state index in [0.29, 0.717) is 28.6 Å². The summed E-state index contributed by atoms with van der Waals surface area (Å²) < 4.78 is 6.12. The van der Waals surface area contributed by atoms with Gasteiger partial charge in [-0.2, -0.15) is 0 Å². The number of aromatic hydroxyl groups is 1. The summed E-state index contributed by atoms with van der Waals surface area (Å²) in [5.74, 6) is -2.14. The van der Waals surface area contributed by atoms with Crippen LogP contribution in [0, 0.1) is 0 Å². The van der Waals surface area contributed by atoms with E-state index in [2.05, 4.69) is 10.6 Å². The number of benzene rings is 4. The third-order valence-corrected chi connectivity index (χ3v) is 7.04. The van der Waals surface area contributed by atoms with Gasteiger partial charge in [-0.3, -0.25) is 19.2 Å². The van der Waals surface area contributed by atoms with Crippen LogP contribution in [0.15, 0.2) is 82.0 Å². The van der Waals surface area contributed by atoms with E-state index in [1.54, 1.807) is 30.3 Å². The Bertz CT molecular complexity index is 1960. The second-order valence-electron chi connectivity index (χ2n) is 9.99. The molecule has 0 bridgehead atoms. The molecule has 3 aromatic rings. The first-order valence-electron chi connectivity index (χ1n) is 13.2. The van der Waals surface area contributed by atoms with Gasteiger partial charge in [-0.25, -0.2) is 4.79 Å². The zero-order chi connectivity index (χ0) is 30.8. The van der Waals surface area contributed by atoms with Crippen LogP contribution in [0.3, 0.4) is 0 Å². The number of carboxylic acids is 1. The van der Waals surface area contributed by atoms with Crippen LogP contribution in [0.4, 0.5) is 0 Å². The minimum absolute atomic E-state index is 0.0742. The lowest BCUT2D eigenvalue weighted by molar-refractivity contribution is -0.119. The van der Waals surface area contributed by atoms with Gasteiger partial charge in [0.15, 0.2) is 11.2 Å². The highest BCUT2D eigenvalue weighted by atomic mass is 16.4. The Kier molecular flexibility index (Phi) is 7.76. The third-order valence-electron chi connectivity index (χ3n) is 7.04. The summed E-state index contributed by atoms with van der Waals surface area (Å²) in [5, 5.41) is 26.1. The van der Waals surface area contributed by atoms with Crippen LogP contribution in [0.2, 0.25) is 0 Å². The average molecular weight is 579 g/mol. The van der Waals surface area contributed by atoms with Gasteiger partial charge >= 0.3 is 5.97 Å². The molecule has 10 heteroatoms. The Hall–Kier alpha value is -5.77. The molecular weight excluding hydrogens is 552 g/mol. The number of hydrogen-bond donors (Lipinski definition) is 4. The average Bonchev–Trinajstić information content (AvgIpc) is 2.98. The highest BCUT2D eigenvalue weighted by molar-refractivity contribution is 6.09. The first-order valence-corrected chi connectivity index (χ1v) is 13.2. The van der Waals surface area contributed by atoms with Gasteiger partial charge in [-0.1, -0.05) is 18.2 Å². The molecule has 2 amide bonds. The smallest absolute Gasteiger partial charge is 0.336 e. The Labute approximate surface area is 244 Å². The predicted molar refractivity (Wildman–Crippen MR) is 158 cm³/mol. The van der Waals surface area contributed by atoms with Crippen LogP contribution >= 0.6 is 0 Å². The zero-order valence-corrected chi connectivity index (χ0v) is 23.2. The Balaban J connectivity index is 1.60. The number of phenols is 1. The summed E-state index contributed by atoms with van der Waals surface area (Å²) in [5.41, 5.74) is 2.20. The van der Waals surface area contributed by atoms with Crippen molar-refractivity contribution >= 4 is 34.5 Å². The molecule has 1 aliphatic carbocycles. The number of hydrogen-bond acceptors (Lipinski definition) is 7. The number of carbonyl (C=O) groups is 4. The number of carboxylic acid groups (broad SMARTS) is 1. The Morgan fingerprint density at radius 3 is 2.19 bits per heavy atom. The third kappa shape index (κ3) is 5.84. The Morgan fingerprint density at radius 2 is 1.51 bits per heavy atom. The van der Waals surface area contributed by atoms with Gasteiger partial charge < -0.3 is 25.3 Å². The van der Waals surface area contributed by atoms with E-state index in [0.717, 1.165) is 5.56 Å². The quantitative estimate of drug-likeness (QED) is 0.152. The summed E-state index contributed by atoms with van der Waals surface area (Å²) >= 11 is 0. The van der Waals surface area contributed by atoms with E-state index in [4.69, 9.17) is 4.42 Å². The summed E-state index contributed by atoms with van der Waals surface area (Å²) in [4.78, 5) is 61.7. The normalized spacial score (nSPS) is 10.9. The number of fused-ring (bicyclic) bond motifs is 2. The molecule has 43 heavy (non-hydrogen) atoms. The van der Waals surface area contributed by atoms with Gasteiger partial charge in [0.05, 0.1) is 17.7 Å². The Morgan fingerprint density at radius 1 is 0.791 bits per heavy atom. The van der Waals surface area contributed by atoms with E-state index in [-0.39, 0.29) is 57.6 Å². The summed E-state index contributed by atoms with van der Waals surface area (Å²) in [6.07, 6.45) is 0. The molecule has 0 radical (unpaired) electrons. The van der Waals surface area contributed by atoms with Crippen LogP contribution in [0.1, 0.15) is 56.0 Å². The van der Waals surface area contributed by atoms with Crippen LogP contribution in [-0.2, 0) is 17.9 Å². The van der Waals surface area contributed by atoms with Crippen molar-refractivity contribution in [2.24, 2.45) is 0 Å². The number of phenolic OH excluding ortho intramolecular Hbond substituents is 1. The molecule has 0 unspecified atom stereocenters. The predicted octanol–water partition coefficient (Wildman–Crippen LogP) is 4.74. The molecule has 5 rings (SSSR count). The van der Waals surface area contributed by atoms with E-state index >= 15 is 0 Å². The second kappa shape index (κ2) is 11.6. The van der Waals surface area contributed by atoms with Crippen molar-refractivity contribution in [1.82, 2.24) is 10.6 Å². The number of aromatic carboxylic acids is 1. The van der Waals surface area contributed by atoms with Gasteiger partial charge in [0, 0.05) is 47.2 Å². The van der Waals surface area contributed by atoms with E-state index in [1.807, 2.05) is 0 Å². The fraction of sp³-hybridized carbons (Fsp3) is 0.121. The fourth-order valence-corrected chi connectivity index (χ4v) is 4.87. The van der Waals surface area contributed by atoms with E-state index in [1.165, 1.54) is 56.3 Å². The lowest BCUT2D eigenvalue weighted by Gasteiger charge is -2.19. The number of ketones is 1. The molecule has 10 nitrogen and oxygen atoms in total. The van der Waals surface area contributed by atoms with Crippen molar-refractivity contribution < 1.29 is 33.8 Å². The van der Waals surface area contributed by atoms with E-state index < -0.39 is 17.3 Å². The fourth-order valence-electron chi connectivity index (χ4n) is 4.87. The summed E-state index contributed by atoms with van der Waals surface area (Å²) in [7, 11) is 0. The lowest BCUT2D eigenvalue weighted by atomic mass is 9.88. The maximum Gasteiger partial charge on any atom is 0.336 e. The number of carbonyl (C=O) groups excluding carboxylic acids is 3. The molecule has 0 spiro atoms. The van der Waals surface area contributed by atoms with Gasteiger partial charge in [0.25, 0.3) is 5.91 Å². The van der Waals surface area contributed by atoms with Crippen LogP contribution in [-0.4, -0.2) is 33.8 Å². The van der Waals surface area contributed by atoms with Gasteiger partial charge in [0.2, 0.25) is 5.91 Å². The zero-order valence-electron chi connectivity index (χ0n) is 23.2. The molecular formula is C33H26N2O8. The molecule has 0 saturated heterocycles. The molecule has 0 aromatic heterocycles. The topological polar surface area (TPSA) is 163 Å². The van der Waals surface area contributed by atoms with Crippen LogP contribution in [0.5, 0.6) is 5.75 Å². The molecule has 3 aromatic carbocycles. The van der Waals surface area contributed by atoms with Crippen molar-refractivity contribution in [1.29, 1.82) is 0 Å². The standard InChI is InChI=1S/C33H26N2O8/c1-17(36)21-7-9-23(33(41)42)26(13-21)30-24-10-8-22(38)14-29(24)43-31-25(30)11-12-28(39)27(31)16-35-32(40)20-5-3-19(4-6-20)15-34-18(2)37/h3-14,38H,15-16H2,1-2H3,(H,34,37)(H,35,40)(H,41,42). The molecule has 0 atom stereocenters. The minimum Gasteiger partial charge on any atom is -0.508 e. The number of nitrogens with one attached hydrogen (secondary N) is 2. The van der Waals surface area contributed by atoms with Crippen molar-refractivity contribution in [3.8, 4) is 28.2 Å². The van der Waals surface area contributed by atoms with Crippen LogP contribution in [0.25, 0.3) is 33.4 Å². The van der Waals surface area contributed by atoms with Crippen molar-refractivity contribution in [3.05, 3.63) is 111 Å². The molecule has 1 aliphatic heterocycles. The van der Waals surface area contributed by atoms with E-state index in [9.17, 15) is 34.2 Å². The van der Waals surface area contributed by atoms with Crippen molar-refractivity contribution in [3.63, 3.8) is 0 Å². The maximum absolute atomic E-state index is 13.1. The minimum atomic E-state index is -1.22. The second-order valence-corrected chi connectivity index (χ2v) is 9.99. The first kappa shape index (κ1) is 28.7. The molecule has 216 valence electrons. The molecule has 0 fully saturated rings. The number of Topliss-reactive ketones (excluding diaryl/α,β-unsaturated/α-hetero) is 1. The van der Waals surface area contributed by atoms with Gasteiger partial charge in [0.1, 0.15) is 17.1 Å². The highest BCUT2D eigenvalue weighted by Crippen LogP contribution is 2.43. The highest BCUT2D eigenvalue weighted by Gasteiger charge is 2.26. The molecule has 1 heterocycles. The van der Waals surface area contributed by atoms with Crippen molar-refractivity contribution in [2.75, 3.05) is 0 Å². The van der Waals surface area contributed by atoms with Crippen LogP contribution < -0.4 is 16.1 Å². The molecule has 4 N–H and O–H groups in total. The largest absolute Gasteiger partial charge is 0.508 e. The molecule has 0 saturated carbocycles. The van der Waals surface area contributed by atoms with Gasteiger partial charge in [-0.05, 0) is 66.6 Å². The van der Waals surface area contributed by atoms with Gasteiger partial charge in [-0.15, -0.1) is 0 Å². The first-order chi connectivity index (χ1) is 20.5. The monoisotopic (exact) mass is 578 g/mol. The number of amides is 2.